The van der Waals surface area contributed by atoms with E-state index < -0.39 is 0 Å². The summed E-state index contributed by atoms with van der Waals surface area (Å²) in [6.45, 7) is 7.04. The highest BCUT2D eigenvalue weighted by atomic mass is 14.4. The molecule has 2 aliphatic rings. The van der Waals surface area contributed by atoms with Crippen LogP contribution in [0.15, 0.2) is 23.3 Å². The van der Waals surface area contributed by atoms with E-state index in [4.69, 9.17) is 0 Å². The minimum absolute atomic E-state index is 0.735. The van der Waals surface area contributed by atoms with Crippen LogP contribution >= 0.6 is 0 Å². The average molecular weight is 204 g/mol. The molecule has 0 radical (unpaired) electrons. The van der Waals surface area contributed by atoms with E-state index in [0.717, 1.165) is 17.8 Å². The van der Waals surface area contributed by atoms with Gasteiger partial charge in [-0.3, -0.25) is 0 Å². The van der Waals surface area contributed by atoms with Crippen molar-refractivity contribution in [2.24, 2.45) is 17.8 Å². The smallest absolute Gasteiger partial charge is 0.0166 e. The van der Waals surface area contributed by atoms with Crippen molar-refractivity contribution in [3.05, 3.63) is 23.3 Å². The van der Waals surface area contributed by atoms with Gasteiger partial charge >= 0.3 is 0 Å². The highest BCUT2D eigenvalue weighted by Crippen LogP contribution is 2.44. The van der Waals surface area contributed by atoms with Gasteiger partial charge in [0.25, 0.3) is 0 Å². The molecule has 2 unspecified atom stereocenters. The molecule has 1 fully saturated rings. The van der Waals surface area contributed by atoms with E-state index in [1.807, 2.05) is 0 Å². The van der Waals surface area contributed by atoms with E-state index in [9.17, 15) is 0 Å². The van der Waals surface area contributed by atoms with E-state index in [1.165, 1.54) is 32.1 Å². The summed E-state index contributed by atoms with van der Waals surface area (Å²) in [5.74, 6) is 2.63. The highest BCUT2D eigenvalue weighted by Gasteiger charge is 2.31. The molecule has 0 aromatic heterocycles. The summed E-state index contributed by atoms with van der Waals surface area (Å²) in [6, 6.07) is 0. The molecule has 0 N–H and O–H groups in total. The van der Waals surface area contributed by atoms with Crippen LogP contribution in [0.5, 0.6) is 0 Å². The lowest BCUT2D eigenvalue weighted by Crippen LogP contribution is -2.16. The SMILES string of the molecule is CC1=C(C(C)C)C2CCCC2CCC=C1. The Morgan fingerprint density at radius 3 is 2.73 bits per heavy atom. The van der Waals surface area contributed by atoms with Crippen molar-refractivity contribution in [1.82, 2.24) is 0 Å². The molecule has 0 bridgehead atoms. The van der Waals surface area contributed by atoms with Gasteiger partial charge < -0.3 is 0 Å². The number of hydrogen-bond acceptors (Lipinski definition) is 0. The van der Waals surface area contributed by atoms with E-state index in [1.54, 1.807) is 11.1 Å². The standard InChI is InChI=1S/C15H24/c1-11(2)15-12(3)7-4-5-8-13-9-6-10-14(13)15/h4,7,11,13-14H,5-6,8-10H2,1-3H3. The molecule has 2 rings (SSSR count). The van der Waals surface area contributed by atoms with Crippen LogP contribution in [0, 0.1) is 17.8 Å². The lowest BCUT2D eigenvalue weighted by atomic mass is 9.77. The molecule has 2 atom stereocenters. The van der Waals surface area contributed by atoms with Gasteiger partial charge in [-0.05, 0) is 50.4 Å². The number of rotatable bonds is 1. The minimum atomic E-state index is 0.735. The molecule has 0 amide bonds. The van der Waals surface area contributed by atoms with Crippen molar-refractivity contribution in [2.45, 2.75) is 52.9 Å². The first-order chi connectivity index (χ1) is 7.20. The van der Waals surface area contributed by atoms with E-state index in [2.05, 4.69) is 32.9 Å². The first kappa shape index (κ1) is 11.0. The lowest BCUT2D eigenvalue weighted by Gasteiger charge is -2.28. The molecule has 0 nitrogen and oxygen atoms in total. The van der Waals surface area contributed by atoms with Crippen LogP contribution in [0.25, 0.3) is 0 Å². The zero-order valence-electron chi connectivity index (χ0n) is 10.4. The fraction of sp³-hybridized carbons (Fsp3) is 0.733. The third kappa shape index (κ3) is 2.19. The second kappa shape index (κ2) is 4.55. The second-order valence-corrected chi connectivity index (χ2v) is 5.57. The maximum atomic E-state index is 2.38. The topological polar surface area (TPSA) is 0 Å². The van der Waals surface area contributed by atoms with Crippen molar-refractivity contribution < 1.29 is 0 Å². The van der Waals surface area contributed by atoms with Crippen LogP contribution in [0.4, 0.5) is 0 Å². The molecule has 15 heavy (non-hydrogen) atoms. The molecule has 84 valence electrons. The van der Waals surface area contributed by atoms with Gasteiger partial charge in [0.05, 0.1) is 0 Å². The summed E-state index contributed by atoms with van der Waals surface area (Å²) in [7, 11) is 0. The van der Waals surface area contributed by atoms with Gasteiger partial charge in [-0.1, -0.05) is 43.6 Å². The average Bonchev–Trinajstić information content (AvgIpc) is 2.57. The van der Waals surface area contributed by atoms with Gasteiger partial charge in [0.15, 0.2) is 0 Å². The lowest BCUT2D eigenvalue weighted by molar-refractivity contribution is 0.385. The highest BCUT2D eigenvalue weighted by molar-refractivity contribution is 5.29. The Hall–Kier alpha value is -0.520. The Morgan fingerprint density at radius 1 is 1.20 bits per heavy atom. The molecule has 0 heteroatoms. The molecule has 0 aromatic rings. The van der Waals surface area contributed by atoms with Crippen LogP contribution in [-0.4, -0.2) is 0 Å². The molecule has 0 aliphatic heterocycles. The summed E-state index contributed by atoms with van der Waals surface area (Å²) < 4.78 is 0. The van der Waals surface area contributed by atoms with Crippen molar-refractivity contribution in [2.75, 3.05) is 0 Å². The van der Waals surface area contributed by atoms with Crippen molar-refractivity contribution in [3.63, 3.8) is 0 Å². The third-order valence-electron chi connectivity index (χ3n) is 4.21. The summed E-state index contributed by atoms with van der Waals surface area (Å²) in [5.41, 5.74) is 3.31. The van der Waals surface area contributed by atoms with Gasteiger partial charge in [-0.2, -0.15) is 0 Å². The quantitative estimate of drug-likeness (QED) is 0.579. The largest absolute Gasteiger partial charge is 0.0843 e. The third-order valence-corrected chi connectivity index (χ3v) is 4.21. The van der Waals surface area contributed by atoms with Crippen LogP contribution in [-0.2, 0) is 0 Å². The number of hydrogen-bond donors (Lipinski definition) is 0. The molecule has 0 spiro atoms. The van der Waals surface area contributed by atoms with E-state index in [-0.39, 0.29) is 0 Å². The summed E-state index contributed by atoms with van der Waals surface area (Å²) in [5, 5.41) is 0. The maximum absolute atomic E-state index is 2.38. The molecule has 2 aliphatic carbocycles. The Morgan fingerprint density at radius 2 is 2.00 bits per heavy atom. The van der Waals surface area contributed by atoms with Crippen molar-refractivity contribution in [3.8, 4) is 0 Å². The summed E-state index contributed by atoms with van der Waals surface area (Å²) >= 11 is 0. The Balaban J connectivity index is 2.34. The predicted molar refractivity (Wildman–Crippen MR) is 66.7 cm³/mol. The molecule has 0 aromatic carbocycles. The zero-order valence-corrected chi connectivity index (χ0v) is 10.4. The fourth-order valence-corrected chi connectivity index (χ4v) is 3.63. The van der Waals surface area contributed by atoms with Crippen LogP contribution < -0.4 is 0 Å². The van der Waals surface area contributed by atoms with Crippen LogP contribution in [0.1, 0.15) is 52.9 Å². The van der Waals surface area contributed by atoms with Gasteiger partial charge in [0, 0.05) is 0 Å². The van der Waals surface area contributed by atoms with Gasteiger partial charge in [-0.25, -0.2) is 0 Å². The zero-order chi connectivity index (χ0) is 10.8. The summed E-state index contributed by atoms with van der Waals surface area (Å²) in [6.07, 6.45) is 11.8. The molecular weight excluding hydrogens is 180 g/mol. The van der Waals surface area contributed by atoms with Crippen molar-refractivity contribution >= 4 is 0 Å². The minimum Gasteiger partial charge on any atom is -0.0843 e. The Kier molecular flexibility index (Phi) is 3.33. The molecule has 1 saturated carbocycles. The maximum Gasteiger partial charge on any atom is -0.0166 e. The van der Waals surface area contributed by atoms with Gasteiger partial charge in [0.2, 0.25) is 0 Å². The first-order valence-corrected chi connectivity index (χ1v) is 6.57. The van der Waals surface area contributed by atoms with Gasteiger partial charge in [0.1, 0.15) is 0 Å². The molecule has 0 saturated heterocycles. The van der Waals surface area contributed by atoms with Crippen LogP contribution in [0.2, 0.25) is 0 Å². The Bertz CT molecular complexity index is 280. The predicted octanol–water partition coefficient (Wildman–Crippen LogP) is 4.73. The monoisotopic (exact) mass is 204 g/mol. The summed E-state index contributed by atoms with van der Waals surface area (Å²) in [4.78, 5) is 0. The molecular formula is C15H24. The second-order valence-electron chi connectivity index (χ2n) is 5.57. The number of allylic oxidation sites excluding steroid dienone is 4. The van der Waals surface area contributed by atoms with Crippen molar-refractivity contribution in [1.29, 1.82) is 0 Å². The fourth-order valence-electron chi connectivity index (χ4n) is 3.63. The number of fused-ring (bicyclic) bond motifs is 1. The van der Waals surface area contributed by atoms with E-state index in [0.29, 0.717) is 0 Å². The normalized spacial score (nSPS) is 31.7. The van der Waals surface area contributed by atoms with Crippen LogP contribution in [0.3, 0.4) is 0 Å². The molecule has 0 heterocycles. The van der Waals surface area contributed by atoms with Gasteiger partial charge in [-0.15, -0.1) is 0 Å². The Labute approximate surface area is 94.5 Å². The van der Waals surface area contributed by atoms with E-state index >= 15 is 0 Å². The first-order valence-electron chi connectivity index (χ1n) is 6.57.